The van der Waals surface area contributed by atoms with Gasteiger partial charge >= 0.3 is 0 Å². The van der Waals surface area contributed by atoms with Crippen molar-refractivity contribution in [2.75, 3.05) is 0 Å². The SMILES string of the molecule is BrC1(Br)C=CN=C(c2ccccn2)C1.c1ccc(-c2ccccn2)cc1.c1ccc(-c2ccccn2)cc1. The summed E-state index contributed by atoms with van der Waals surface area (Å²) >= 11 is 7.10. The Kier molecular flexibility index (Phi) is 10.2. The minimum atomic E-state index is -0.172. The van der Waals surface area contributed by atoms with Gasteiger partial charge in [-0.1, -0.05) is 111 Å². The molecule has 0 bridgehead atoms. The van der Waals surface area contributed by atoms with Crippen LogP contribution >= 0.6 is 31.9 Å². The van der Waals surface area contributed by atoms with E-state index >= 15 is 0 Å². The van der Waals surface area contributed by atoms with Gasteiger partial charge in [-0.25, -0.2) is 0 Å². The molecule has 0 radical (unpaired) electrons. The second-order valence-corrected chi connectivity index (χ2v) is 12.1. The lowest BCUT2D eigenvalue weighted by Crippen LogP contribution is -2.18. The highest BCUT2D eigenvalue weighted by atomic mass is 79.9. The molecule has 0 saturated carbocycles. The molecular weight excluding hydrogens is 600 g/mol. The quantitative estimate of drug-likeness (QED) is 0.188. The van der Waals surface area contributed by atoms with Crippen molar-refractivity contribution in [2.45, 2.75) is 9.65 Å². The van der Waals surface area contributed by atoms with Crippen LogP contribution in [0.1, 0.15) is 12.1 Å². The first-order valence-electron chi connectivity index (χ1n) is 12.1. The predicted molar refractivity (Wildman–Crippen MR) is 164 cm³/mol. The Balaban J connectivity index is 0.000000133. The highest BCUT2D eigenvalue weighted by Gasteiger charge is 2.25. The number of benzene rings is 2. The lowest BCUT2D eigenvalue weighted by molar-refractivity contribution is 1.04. The zero-order valence-electron chi connectivity index (χ0n) is 20.6. The van der Waals surface area contributed by atoms with Crippen LogP contribution in [0.25, 0.3) is 22.5 Å². The van der Waals surface area contributed by atoms with Gasteiger partial charge in [-0.3, -0.25) is 19.9 Å². The summed E-state index contributed by atoms with van der Waals surface area (Å²) in [6, 6.07) is 38.0. The number of alkyl halides is 2. The first-order valence-corrected chi connectivity index (χ1v) is 13.7. The van der Waals surface area contributed by atoms with Crippen molar-refractivity contribution in [2.24, 2.45) is 4.99 Å². The number of nitrogens with zero attached hydrogens (tertiary/aromatic N) is 4. The molecule has 6 heteroatoms. The Morgan fingerprint density at radius 1 is 0.500 bits per heavy atom. The van der Waals surface area contributed by atoms with E-state index in [2.05, 4.69) is 76.1 Å². The molecule has 0 atom stereocenters. The topological polar surface area (TPSA) is 51.0 Å². The minimum absolute atomic E-state index is 0.172. The molecule has 4 nitrogen and oxygen atoms in total. The molecule has 2 aromatic carbocycles. The fraction of sp³-hybridized carbons (Fsp3) is 0.0625. The van der Waals surface area contributed by atoms with Crippen LogP contribution < -0.4 is 0 Å². The maximum Gasteiger partial charge on any atom is 0.106 e. The summed E-state index contributed by atoms with van der Waals surface area (Å²) in [4.78, 5) is 17.1. The number of pyridine rings is 3. The molecule has 5 aromatic rings. The Morgan fingerprint density at radius 3 is 1.32 bits per heavy atom. The largest absolute Gasteiger partial charge is 0.259 e. The molecule has 0 aliphatic carbocycles. The third-order valence-corrected chi connectivity index (χ3v) is 6.47. The summed E-state index contributed by atoms with van der Waals surface area (Å²) in [5, 5.41) is 0. The Hall–Kier alpha value is -3.74. The fourth-order valence-electron chi connectivity index (χ4n) is 3.54. The van der Waals surface area contributed by atoms with Gasteiger partial charge in [-0.2, -0.15) is 0 Å². The number of halogens is 2. The highest BCUT2D eigenvalue weighted by Crippen LogP contribution is 2.35. The van der Waals surface area contributed by atoms with Crippen molar-refractivity contribution in [3.8, 4) is 22.5 Å². The number of aliphatic imine (C=N–C) groups is 1. The van der Waals surface area contributed by atoms with Crippen LogP contribution in [0, 0.1) is 0 Å². The van der Waals surface area contributed by atoms with Crippen LogP contribution in [-0.4, -0.2) is 23.9 Å². The van der Waals surface area contributed by atoms with E-state index in [4.69, 9.17) is 0 Å². The number of allylic oxidation sites excluding steroid dienone is 1. The Labute approximate surface area is 240 Å². The van der Waals surface area contributed by atoms with Crippen molar-refractivity contribution in [1.82, 2.24) is 15.0 Å². The maximum absolute atomic E-state index is 4.31. The van der Waals surface area contributed by atoms with E-state index in [1.807, 2.05) is 109 Å². The average molecular weight is 626 g/mol. The molecule has 0 fully saturated rings. The van der Waals surface area contributed by atoms with Crippen LogP contribution in [0.2, 0.25) is 0 Å². The lowest BCUT2D eigenvalue weighted by Gasteiger charge is -2.19. The van der Waals surface area contributed by atoms with E-state index in [-0.39, 0.29) is 3.23 Å². The Bertz CT molecular complexity index is 1280. The summed E-state index contributed by atoms with van der Waals surface area (Å²) < 4.78 is -0.172. The van der Waals surface area contributed by atoms with Gasteiger partial charge in [0.2, 0.25) is 0 Å². The molecular formula is C32H26Br2N4. The van der Waals surface area contributed by atoms with Crippen LogP contribution in [-0.2, 0) is 0 Å². The van der Waals surface area contributed by atoms with Gasteiger partial charge in [-0.15, -0.1) is 0 Å². The van der Waals surface area contributed by atoms with Gasteiger partial charge in [0, 0.05) is 42.3 Å². The molecule has 1 aliphatic heterocycles. The van der Waals surface area contributed by atoms with Crippen LogP contribution in [0.4, 0.5) is 0 Å². The normalized spacial score (nSPS) is 13.2. The molecule has 188 valence electrons. The number of aromatic nitrogens is 3. The van der Waals surface area contributed by atoms with Crippen LogP contribution in [0.15, 0.2) is 151 Å². The third-order valence-electron chi connectivity index (χ3n) is 5.38. The van der Waals surface area contributed by atoms with E-state index in [1.54, 1.807) is 12.4 Å². The lowest BCUT2D eigenvalue weighted by atomic mass is 10.1. The molecule has 38 heavy (non-hydrogen) atoms. The molecule has 0 unspecified atom stereocenters. The van der Waals surface area contributed by atoms with Gasteiger partial charge < -0.3 is 0 Å². The molecule has 6 rings (SSSR count). The second-order valence-electron chi connectivity index (χ2n) is 8.21. The molecule has 0 amide bonds. The smallest absolute Gasteiger partial charge is 0.106 e. The first kappa shape index (κ1) is 27.3. The Morgan fingerprint density at radius 2 is 0.921 bits per heavy atom. The van der Waals surface area contributed by atoms with Crippen molar-refractivity contribution in [3.05, 3.63) is 152 Å². The van der Waals surface area contributed by atoms with Crippen LogP contribution in [0.3, 0.4) is 0 Å². The maximum atomic E-state index is 4.31. The van der Waals surface area contributed by atoms with E-state index in [0.29, 0.717) is 0 Å². The summed E-state index contributed by atoms with van der Waals surface area (Å²) in [5.41, 5.74) is 6.30. The zero-order valence-corrected chi connectivity index (χ0v) is 23.8. The fourth-order valence-corrected chi connectivity index (χ4v) is 4.31. The highest BCUT2D eigenvalue weighted by molar-refractivity contribution is 9.25. The van der Waals surface area contributed by atoms with Gasteiger partial charge in [0.15, 0.2) is 0 Å². The molecule has 0 saturated heterocycles. The molecule has 3 aromatic heterocycles. The predicted octanol–water partition coefficient (Wildman–Crippen LogP) is 8.77. The number of hydrogen-bond donors (Lipinski definition) is 0. The van der Waals surface area contributed by atoms with E-state index in [1.165, 1.54) is 0 Å². The average Bonchev–Trinajstić information content (AvgIpc) is 3.00. The van der Waals surface area contributed by atoms with Crippen LogP contribution in [0.5, 0.6) is 0 Å². The van der Waals surface area contributed by atoms with E-state index in [9.17, 15) is 0 Å². The van der Waals surface area contributed by atoms with E-state index < -0.39 is 0 Å². The van der Waals surface area contributed by atoms with Gasteiger partial charge in [-0.05, 0) is 42.5 Å². The standard InChI is InChI=1S/2C11H9N.C10H8Br2N2/c2*1-2-6-10(7-3-1)11-8-4-5-9-12-11;11-10(12)4-6-14-9(7-10)8-3-1-2-5-13-8/h2*1-9H;1-6H,7H2. The van der Waals surface area contributed by atoms with Gasteiger partial charge in [0.25, 0.3) is 0 Å². The molecule has 0 spiro atoms. The van der Waals surface area contributed by atoms with Gasteiger partial charge in [0.1, 0.15) is 3.23 Å². The third kappa shape index (κ3) is 8.68. The monoisotopic (exact) mass is 624 g/mol. The van der Waals surface area contributed by atoms with Crippen molar-refractivity contribution < 1.29 is 0 Å². The number of hydrogen-bond acceptors (Lipinski definition) is 4. The summed E-state index contributed by atoms with van der Waals surface area (Å²) in [5.74, 6) is 0. The molecule has 4 heterocycles. The second kappa shape index (κ2) is 14.3. The number of rotatable bonds is 3. The molecule has 0 N–H and O–H groups in total. The minimum Gasteiger partial charge on any atom is -0.259 e. The van der Waals surface area contributed by atoms with Crippen molar-refractivity contribution in [1.29, 1.82) is 0 Å². The summed E-state index contributed by atoms with van der Waals surface area (Å²) in [6.07, 6.45) is 9.95. The van der Waals surface area contributed by atoms with Gasteiger partial charge in [0.05, 0.1) is 22.8 Å². The summed E-state index contributed by atoms with van der Waals surface area (Å²) in [7, 11) is 0. The zero-order chi connectivity index (χ0) is 26.5. The van der Waals surface area contributed by atoms with E-state index in [0.717, 1.165) is 40.3 Å². The first-order chi connectivity index (χ1) is 18.6. The van der Waals surface area contributed by atoms with Crippen molar-refractivity contribution in [3.63, 3.8) is 0 Å². The molecule has 1 aliphatic rings. The van der Waals surface area contributed by atoms with Crippen molar-refractivity contribution >= 4 is 37.6 Å². The summed E-state index contributed by atoms with van der Waals surface area (Å²) in [6.45, 7) is 0.